The van der Waals surface area contributed by atoms with E-state index in [9.17, 15) is 9.59 Å². The normalized spacial score (nSPS) is 21.9. The first kappa shape index (κ1) is 19.6. The number of carbonyl (C=O) groups is 1. The molecule has 30 heavy (non-hydrogen) atoms. The summed E-state index contributed by atoms with van der Waals surface area (Å²) < 4.78 is 13.3. The van der Waals surface area contributed by atoms with Crippen LogP contribution in [0.5, 0.6) is 0 Å². The first-order chi connectivity index (χ1) is 14.5. The minimum atomic E-state index is -0.199. The van der Waals surface area contributed by atoms with E-state index in [1.54, 1.807) is 4.90 Å². The summed E-state index contributed by atoms with van der Waals surface area (Å²) in [6, 6.07) is 2.06. The van der Waals surface area contributed by atoms with Crippen molar-refractivity contribution in [2.75, 3.05) is 26.3 Å². The number of carbonyl (C=O) groups excluding carboxylic acids is 1. The summed E-state index contributed by atoms with van der Waals surface area (Å²) in [6.45, 7) is 6.91. The fourth-order valence-electron chi connectivity index (χ4n) is 4.01. The monoisotopic (exact) mass is 428 g/mol. The Morgan fingerprint density at radius 2 is 2.13 bits per heavy atom. The van der Waals surface area contributed by atoms with Crippen LogP contribution in [0.2, 0.25) is 0 Å². The maximum absolute atomic E-state index is 13.1. The van der Waals surface area contributed by atoms with Gasteiger partial charge >= 0.3 is 0 Å². The SMILES string of the molecule is CCC1(C)Cc2nc3sc4c(=O)n(CC(=O)N5CCOCC5)cnc4c3cc2CO1. The topological polar surface area (TPSA) is 86.6 Å². The Balaban J connectivity index is 1.51. The number of aromatic nitrogens is 3. The van der Waals surface area contributed by atoms with Gasteiger partial charge in [0, 0.05) is 30.5 Å². The number of ether oxygens (including phenoxy) is 2. The molecule has 2 aliphatic rings. The van der Waals surface area contributed by atoms with Crippen LogP contribution in [-0.2, 0) is 33.8 Å². The van der Waals surface area contributed by atoms with Gasteiger partial charge in [0.25, 0.3) is 5.56 Å². The molecule has 0 aliphatic carbocycles. The van der Waals surface area contributed by atoms with Crippen molar-refractivity contribution in [3.63, 3.8) is 0 Å². The van der Waals surface area contributed by atoms with Crippen LogP contribution in [0.15, 0.2) is 17.2 Å². The number of hydrogen-bond donors (Lipinski definition) is 0. The summed E-state index contributed by atoms with van der Waals surface area (Å²) >= 11 is 1.35. The largest absolute Gasteiger partial charge is 0.378 e. The molecule has 0 radical (unpaired) electrons. The average Bonchev–Trinajstić information content (AvgIpc) is 3.13. The van der Waals surface area contributed by atoms with Crippen LogP contribution < -0.4 is 5.56 Å². The van der Waals surface area contributed by atoms with Gasteiger partial charge in [-0.25, -0.2) is 9.97 Å². The zero-order chi connectivity index (χ0) is 20.9. The molecular weight excluding hydrogens is 404 g/mol. The van der Waals surface area contributed by atoms with E-state index in [1.807, 2.05) is 0 Å². The number of morpholine rings is 1. The van der Waals surface area contributed by atoms with E-state index < -0.39 is 0 Å². The molecule has 1 saturated heterocycles. The molecule has 0 saturated carbocycles. The van der Waals surface area contributed by atoms with E-state index in [0.29, 0.717) is 43.1 Å². The molecule has 0 bridgehead atoms. The zero-order valence-electron chi connectivity index (χ0n) is 17.1. The molecule has 1 unspecified atom stereocenters. The van der Waals surface area contributed by atoms with Gasteiger partial charge in [-0.1, -0.05) is 6.92 Å². The molecule has 3 aromatic heterocycles. The van der Waals surface area contributed by atoms with Gasteiger partial charge in [-0.05, 0) is 19.4 Å². The van der Waals surface area contributed by atoms with Crippen molar-refractivity contribution in [3.05, 3.63) is 34.0 Å². The second kappa shape index (κ2) is 7.40. The van der Waals surface area contributed by atoms with Crippen LogP contribution in [0.25, 0.3) is 20.4 Å². The Morgan fingerprint density at radius 3 is 2.90 bits per heavy atom. The molecule has 5 heterocycles. The Morgan fingerprint density at radius 1 is 1.33 bits per heavy atom. The second-order valence-corrected chi connectivity index (χ2v) is 9.17. The van der Waals surface area contributed by atoms with E-state index in [0.717, 1.165) is 34.3 Å². The smallest absolute Gasteiger partial charge is 0.271 e. The summed E-state index contributed by atoms with van der Waals surface area (Å²) in [5, 5.41) is 0.876. The molecular formula is C21H24N4O4S. The predicted molar refractivity (Wildman–Crippen MR) is 114 cm³/mol. The maximum Gasteiger partial charge on any atom is 0.271 e. The summed E-state index contributed by atoms with van der Waals surface area (Å²) in [6.07, 6.45) is 3.15. The molecule has 0 spiro atoms. The second-order valence-electron chi connectivity index (χ2n) is 8.17. The summed E-state index contributed by atoms with van der Waals surface area (Å²) in [5.41, 5.74) is 2.34. The van der Waals surface area contributed by atoms with E-state index in [2.05, 4.69) is 24.9 Å². The first-order valence-corrected chi connectivity index (χ1v) is 11.1. The van der Waals surface area contributed by atoms with Gasteiger partial charge in [0.2, 0.25) is 5.91 Å². The van der Waals surface area contributed by atoms with Crippen LogP contribution in [0.3, 0.4) is 0 Å². The van der Waals surface area contributed by atoms with Gasteiger partial charge < -0.3 is 14.4 Å². The quantitative estimate of drug-likeness (QED) is 0.635. The summed E-state index contributed by atoms with van der Waals surface area (Å²) in [7, 11) is 0. The molecule has 8 nitrogen and oxygen atoms in total. The molecule has 158 valence electrons. The number of thiophene rings is 1. The van der Waals surface area contributed by atoms with Gasteiger partial charge in [-0.3, -0.25) is 14.2 Å². The lowest BCUT2D eigenvalue weighted by molar-refractivity contribution is -0.135. The molecule has 1 amide bonds. The molecule has 0 N–H and O–H groups in total. The number of hydrogen-bond acceptors (Lipinski definition) is 7. The first-order valence-electron chi connectivity index (χ1n) is 10.3. The number of nitrogens with zero attached hydrogens (tertiary/aromatic N) is 4. The Bertz CT molecular complexity index is 1200. The third-order valence-electron chi connectivity index (χ3n) is 6.14. The van der Waals surface area contributed by atoms with Crippen LogP contribution in [-0.4, -0.2) is 57.2 Å². The van der Waals surface area contributed by atoms with Crippen LogP contribution in [0, 0.1) is 0 Å². The highest BCUT2D eigenvalue weighted by molar-refractivity contribution is 7.25. The van der Waals surface area contributed by atoms with Crippen molar-refractivity contribution in [2.24, 2.45) is 0 Å². The molecule has 3 aromatic rings. The van der Waals surface area contributed by atoms with Gasteiger partial charge in [-0.15, -0.1) is 11.3 Å². The van der Waals surface area contributed by atoms with Crippen LogP contribution in [0.4, 0.5) is 0 Å². The third-order valence-corrected chi connectivity index (χ3v) is 7.22. The van der Waals surface area contributed by atoms with Crippen molar-refractivity contribution in [2.45, 2.75) is 45.4 Å². The molecule has 5 rings (SSSR count). The van der Waals surface area contributed by atoms with Crippen LogP contribution >= 0.6 is 11.3 Å². The highest BCUT2D eigenvalue weighted by Gasteiger charge is 2.31. The predicted octanol–water partition coefficient (Wildman–Crippen LogP) is 2.11. The summed E-state index contributed by atoms with van der Waals surface area (Å²) in [4.78, 5) is 37.5. The van der Waals surface area contributed by atoms with Crippen LogP contribution in [0.1, 0.15) is 31.5 Å². The zero-order valence-corrected chi connectivity index (χ0v) is 18.0. The van der Waals surface area contributed by atoms with Crippen molar-refractivity contribution in [3.8, 4) is 0 Å². The molecule has 1 fully saturated rings. The van der Waals surface area contributed by atoms with Gasteiger partial charge in [0.05, 0.1) is 43.0 Å². The number of fused-ring (bicyclic) bond motifs is 4. The highest BCUT2D eigenvalue weighted by Crippen LogP contribution is 2.35. The lowest BCUT2D eigenvalue weighted by atomic mass is 9.91. The number of pyridine rings is 1. The maximum atomic E-state index is 13.1. The molecule has 2 aliphatic heterocycles. The van der Waals surface area contributed by atoms with E-state index >= 15 is 0 Å². The molecule has 1 atom stereocenters. The summed E-state index contributed by atoms with van der Waals surface area (Å²) in [5.74, 6) is -0.0905. The van der Waals surface area contributed by atoms with E-state index in [1.165, 1.54) is 22.2 Å². The highest BCUT2D eigenvalue weighted by atomic mass is 32.1. The van der Waals surface area contributed by atoms with Gasteiger partial charge in [0.1, 0.15) is 16.1 Å². The van der Waals surface area contributed by atoms with Crippen molar-refractivity contribution in [1.29, 1.82) is 0 Å². The minimum Gasteiger partial charge on any atom is -0.378 e. The van der Waals surface area contributed by atoms with Crippen molar-refractivity contribution < 1.29 is 14.3 Å². The van der Waals surface area contributed by atoms with Gasteiger partial charge in [0.15, 0.2) is 0 Å². The lowest BCUT2D eigenvalue weighted by Crippen LogP contribution is -2.43. The van der Waals surface area contributed by atoms with E-state index in [4.69, 9.17) is 14.5 Å². The van der Waals surface area contributed by atoms with E-state index in [-0.39, 0.29) is 23.6 Å². The lowest BCUT2D eigenvalue weighted by Gasteiger charge is -2.33. The van der Waals surface area contributed by atoms with Gasteiger partial charge in [-0.2, -0.15) is 0 Å². The van der Waals surface area contributed by atoms with Crippen molar-refractivity contribution >= 4 is 37.7 Å². The third kappa shape index (κ3) is 3.30. The number of rotatable bonds is 3. The standard InChI is InChI=1S/C21H24N4O4S/c1-3-21(2)9-15-13(11-29-21)8-14-17-18(30-19(14)23-15)20(27)25(12-22-17)10-16(26)24-4-6-28-7-5-24/h8,12H,3-7,9-11H2,1-2H3. The minimum absolute atomic E-state index is 0.0113. The fraction of sp³-hybridized carbons (Fsp3) is 0.524. The average molecular weight is 429 g/mol. The Hall–Kier alpha value is -2.36. The molecule has 9 heteroatoms. The molecule has 0 aromatic carbocycles. The Kier molecular flexibility index (Phi) is 4.83. The number of amides is 1. The Labute approximate surface area is 177 Å². The van der Waals surface area contributed by atoms with Crippen molar-refractivity contribution in [1.82, 2.24) is 19.4 Å². The fourth-order valence-corrected chi connectivity index (χ4v) is 5.08.